The lowest BCUT2D eigenvalue weighted by Gasteiger charge is -2.03. The van der Waals surface area contributed by atoms with E-state index < -0.39 is 0 Å². The van der Waals surface area contributed by atoms with Crippen molar-refractivity contribution in [1.29, 1.82) is 0 Å². The second-order valence-electron chi connectivity index (χ2n) is 7.14. The normalized spacial score (nSPS) is 12.1. The molecule has 0 unspecified atom stereocenters. The van der Waals surface area contributed by atoms with Gasteiger partial charge in [-0.1, -0.05) is 0 Å². The van der Waals surface area contributed by atoms with Crippen molar-refractivity contribution >= 4 is 46.4 Å². The highest BCUT2D eigenvalue weighted by Crippen LogP contribution is 2.35. The third kappa shape index (κ3) is 3.08. The number of rotatable bonds is 4. The molecule has 0 atom stereocenters. The second kappa shape index (κ2) is 7.81. The number of nitrogens with zero attached hydrogens (tertiary/aromatic N) is 2. The molecule has 2 N–H and O–H groups in total. The van der Waals surface area contributed by atoms with Crippen LogP contribution in [0, 0.1) is 0 Å². The molecule has 162 valence electrons. The van der Waals surface area contributed by atoms with Crippen molar-refractivity contribution in [3.63, 3.8) is 0 Å². The van der Waals surface area contributed by atoms with E-state index in [2.05, 4.69) is 9.97 Å². The van der Waals surface area contributed by atoms with E-state index in [1.165, 1.54) is 0 Å². The maximum absolute atomic E-state index is 5.69. The van der Waals surface area contributed by atoms with Gasteiger partial charge in [-0.25, -0.2) is 9.97 Å². The van der Waals surface area contributed by atoms with E-state index in [0.29, 0.717) is 45.8 Å². The molecule has 0 spiro atoms. The average Bonchev–Trinajstić information content (AvgIpc) is 3.59. The van der Waals surface area contributed by atoms with E-state index in [0.717, 1.165) is 22.1 Å². The maximum Gasteiger partial charge on any atom is 0.167 e. The largest absolute Gasteiger partial charge is 0.492 e. The lowest BCUT2D eigenvalue weighted by molar-refractivity contribution is 0.412. The molecular formula is C24H22N4O4. The predicted molar refractivity (Wildman–Crippen MR) is 125 cm³/mol. The van der Waals surface area contributed by atoms with E-state index in [-0.39, 0.29) is 0 Å². The first-order valence-electron chi connectivity index (χ1n) is 9.99. The van der Waals surface area contributed by atoms with Crippen molar-refractivity contribution < 1.29 is 18.9 Å². The van der Waals surface area contributed by atoms with Crippen LogP contribution in [0.15, 0.2) is 24.3 Å². The Hall–Kier alpha value is -4.20. The molecule has 32 heavy (non-hydrogen) atoms. The molecule has 0 saturated heterocycles. The summed E-state index contributed by atoms with van der Waals surface area (Å²) in [6.07, 6.45) is 7.59. The standard InChI is InChI=1S/C24H22N4O4/c1-29-21-13-5-7-15(25-13)22(30-2)17-9-11-19(27-17)24(32-4)20-12-10-18(28-20)23(31-3)16-8-6-14(21)26-16/h5-12,25,28H,1-4H3. The molecule has 8 heteroatoms. The van der Waals surface area contributed by atoms with Crippen LogP contribution in [0.3, 0.4) is 0 Å². The number of nitrogens with one attached hydrogen (secondary N) is 2. The van der Waals surface area contributed by atoms with Crippen LogP contribution < -0.4 is 18.9 Å². The number of fused-ring (bicyclic) bond motifs is 8. The van der Waals surface area contributed by atoms with Crippen molar-refractivity contribution in [3.8, 4) is 23.0 Å². The number of ether oxygens (including phenoxy) is 4. The molecule has 0 saturated carbocycles. The molecule has 2 aliphatic rings. The van der Waals surface area contributed by atoms with E-state index in [4.69, 9.17) is 28.9 Å². The molecule has 5 heterocycles. The summed E-state index contributed by atoms with van der Waals surface area (Å²) >= 11 is 0. The smallest absolute Gasteiger partial charge is 0.167 e. The molecule has 0 fully saturated rings. The van der Waals surface area contributed by atoms with Crippen LogP contribution in [0.4, 0.5) is 0 Å². The Morgan fingerprint density at radius 1 is 0.469 bits per heavy atom. The zero-order valence-corrected chi connectivity index (χ0v) is 18.1. The van der Waals surface area contributed by atoms with Gasteiger partial charge in [-0.3, -0.25) is 0 Å². The minimum absolute atomic E-state index is 0.610. The topological polar surface area (TPSA) is 94.3 Å². The lowest BCUT2D eigenvalue weighted by Crippen LogP contribution is -1.91. The summed E-state index contributed by atoms with van der Waals surface area (Å²) in [5, 5.41) is 0. The number of aromatic amines is 2. The van der Waals surface area contributed by atoms with Gasteiger partial charge in [0.05, 0.1) is 50.5 Å². The van der Waals surface area contributed by atoms with Gasteiger partial charge in [-0.15, -0.1) is 0 Å². The molecule has 2 aliphatic heterocycles. The van der Waals surface area contributed by atoms with Crippen LogP contribution in [0.1, 0.15) is 22.8 Å². The van der Waals surface area contributed by atoms with Crippen molar-refractivity contribution in [2.24, 2.45) is 0 Å². The van der Waals surface area contributed by atoms with Crippen LogP contribution in [-0.2, 0) is 0 Å². The summed E-state index contributed by atoms with van der Waals surface area (Å²) in [4.78, 5) is 16.2. The summed E-state index contributed by atoms with van der Waals surface area (Å²) in [7, 11) is 6.48. The van der Waals surface area contributed by atoms with Crippen molar-refractivity contribution in [2.45, 2.75) is 0 Å². The maximum atomic E-state index is 5.69. The Kier molecular flexibility index (Phi) is 4.82. The van der Waals surface area contributed by atoms with Crippen LogP contribution >= 0.6 is 0 Å². The van der Waals surface area contributed by atoms with Gasteiger partial charge in [0, 0.05) is 0 Å². The van der Waals surface area contributed by atoms with E-state index in [1.807, 2.05) is 48.6 Å². The summed E-state index contributed by atoms with van der Waals surface area (Å²) < 4.78 is 22.8. The molecular weight excluding hydrogens is 408 g/mol. The van der Waals surface area contributed by atoms with Crippen molar-refractivity contribution in [1.82, 2.24) is 19.9 Å². The third-order valence-corrected chi connectivity index (χ3v) is 5.38. The highest BCUT2D eigenvalue weighted by Gasteiger charge is 2.16. The van der Waals surface area contributed by atoms with Gasteiger partial charge in [-0.05, 0) is 48.6 Å². The molecule has 0 radical (unpaired) electrons. The summed E-state index contributed by atoms with van der Waals surface area (Å²) in [6.45, 7) is 0. The summed E-state index contributed by atoms with van der Waals surface area (Å²) in [6, 6.07) is 7.70. The van der Waals surface area contributed by atoms with Gasteiger partial charge in [0.2, 0.25) is 0 Å². The van der Waals surface area contributed by atoms with Crippen molar-refractivity contribution in [3.05, 3.63) is 47.0 Å². The fraction of sp³-hybridized carbons (Fsp3) is 0.167. The molecule has 0 aliphatic carbocycles. The third-order valence-electron chi connectivity index (χ3n) is 5.38. The zero-order chi connectivity index (χ0) is 22.2. The predicted octanol–water partition coefficient (Wildman–Crippen LogP) is 4.69. The Labute approximate surface area is 184 Å². The van der Waals surface area contributed by atoms with Gasteiger partial charge in [-0.2, -0.15) is 0 Å². The van der Waals surface area contributed by atoms with Gasteiger partial charge in [0.25, 0.3) is 0 Å². The fourth-order valence-electron chi connectivity index (χ4n) is 3.96. The average molecular weight is 430 g/mol. The number of H-pyrrole nitrogens is 2. The second-order valence-corrected chi connectivity index (χ2v) is 7.14. The number of methoxy groups -OCH3 is 4. The molecule has 0 aromatic carbocycles. The Morgan fingerprint density at radius 3 is 0.938 bits per heavy atom. The Bertz CT molecular complexity index is 1220. The highest BCUT2D eigenvalue weighted by atomic mass is 16.5. The first-order chi connectivity index (χ1) is 15.7. The molecule has 0 amide bonds. The number of aromatic nitrogens is 4. The quantitative estimate of drug-likeness (QED) is 0.430. The Balaban J connectivity index is 1.98. The SMILES string of the molecule is COc1c2nc(c(OC)c3ccc([nH]3)c(OC)c3nc(c(OC)c4ccc1[nH]4)C=C3)C=C2. The summed E-state index contributed by atoms with van der Waals surface area (Å²) in [5.74, 6) is 2.44. The van der Waals surface area contributed by atoms with Gasteiger partial charge < -0.3 is 28.9 Å². The molecule has 8 bridgehead atoms. The van der Waals surface area contributed by atoms with Crippen LogP contribution in [0.5, 0.6) is 23.0 Å². The zero-order valence-electron chi connectivity index (χ0n) is 18.1. The summed E-state index contributed by atoms with van der Waals surface area (Å²) in [5.41, 5.74) is 5.80. The fourth-order valence-corrected chi connectivity index (χ4v) is 3.96. The lowest BCUT2D eigenvalue weighted by atomic mass is 10.3. The highest BCUT2D eigenvalue weighted by molar-refractivity contribution is 5.87. The first kappa shape index (κ1) is 19.7. The number of hydrogen-bond donors (Lipinski definition) is 2. The first-order valence-corrected chi connectivity index (χ1v) is 9.99. The van der Waals surface area contributed by atoms with Crippen LogP contribution in [-0.4, -0.2) is 48.4 Å². The van der Waals surface area contributed by atoms with Crippen LogP contribution in [0.25, 0.3) is 46.4 Å². The molecule has 5 rings (SSSR count). The van der Waals surface area contributed by atoms with E-state index in [1.54, 1.807) is 28.4 Å². The Morgan fingerprint density at radius 2 is 0.719 bits per heavy atom. The van der Waals surface area contributed by atoms with Gasteiger partial charge >= 0.3 is 0 Å². The van der Waals surface area contributed by atoms with E-state index >= 15 is 0 Å². The van der Waals surface area contributed by atoms with Crippen LogP contribution in [0.2, 0.25) is 0 Å². The number of hydrogen-bond acceptors (Lipinski definition) is 6. The van der Waals surface area contributed by atoms with Gasteiger partial charge in [0.1, 0.15) is 22.8 Å². The van der Waals surface area contributed by atoms with Crippen molar-refractivity contribution in [2.75, 3.05) is 28.4 Å². The molecule has 8 nitrogen and oxygen atoms in total. The molecule has 3 aromatic rings. The van der Waals surface area contributed by atoms with Gasteiger partial charge in [0.15, 0.2) is 23.0 Å². The molecule has 3 aromatic heterocycles. The minimum atomic E-state index is 0.610. The monoisotopic (exact) mass is 430 g/mol. The minimum Gasteiger partial charge on any atom is -0.492 e. The van der Waals surface area contributed by atoms with E-state index in [9.17, 15) is 0 Å².